The van der Waals surface area contributed by atoms with Crippen LogP contribution in [0.3, 0.4) is 0 Å². The molecule has 0 bridgehead atoms. The number of pyridine rings is 1. The van der Waals surface area contributed by atoms with Gasteiger partial charge in [0.1, 0.15) is 17.3 Å². The summed E-state index contributed by atoms with van der Waals surface area (Å²) in [5, 5.41) is 0. The fraction of sp³-hybridized carbons (Fsp3) is 0.0952. The van der Waals surface area contributed by atoms with E-state index in [-0.39, 0.29) is 11.9 Å². The van der Waals surface area contributed by atoms with E-state index in [2.05, 4.69) is 9.98 Å². The average Bonchev–Trinajstić information content (AvgIpc) is 2.93. The molecule has 0 saturated heterocycles. The van der Waals surface area contributed by atoms with Crippen LogP contribution in [0, 0.1) is 5.82 Å². The molecule has 0 radical (unpaired) electrons. The largest absolute Gasteiger partial charge is 0.457 e. The minimum absolute atomic E-state index is 0.130. The van der Waals surface area contributed by atoms with Crippen molar-refractivity contribution in [1.82, 2.24) is 9.88 Å². The zero-order valence-corrected chi connectivity index (χ0v) is 14.9. The highest BCUT2D eigenvalue weighted by atomic mass is 19.1. The standard InChI is InChI=1S/C21H15FN4O2/c1-26-19(27)21(25-20(26)23)15-4-2-3-5-17(15)28-18-7-6-12(9-16(18)21)13-8-14(22)11-24-10-13/h2-11H,1H3,(H2,23,25). The topological polar surface area (TPSA) is 80.8 Å². The summed E-state index contributed by atoms with van der Waals surface area (Å²) in [7, 11) is 1.59. The summed E-state index contributed by atoms with van der Waals surface area (Å²) >= 11 is 0. The van der Waals surface area contributed by atoms with Crippen molar-refractivity contribution in [2.24, 2.45) is 10.7 Å². The van der Waals surface area contributed by atoms with E-state index in [1.165, 1.54) is 11.0 Å². The Morgan fingerprint density at radius 3 is 2.57 bits per heavy atom. The van der Waals surface area contributed by atoms with Gasteiger partial charge in [0, 0.05) is 29.9 Å². The van der Waals surface area contributed by atoms with E-state index in [9.17, 15) is 9.18 Å². The number of carbonyl (C=O) groups excluding carboxylic acids is 1. The van der Waals surface area contributed by atoms with Crippen LogP contribution in [0.15, 0.2) is 65.9 Å². The SMILES string of the molecule is CN1C(=O)C2(N=C1N)c1ccccc1Oc1ccc(-c3cncc(F)c3)cc12. The second kappa shape index (κ2) is 5.63. The summed E-state index contributed by atoms with van der Waals surface area (Å²) in [6.45, 7) is 0. The van der Waals surface area contributed by atoms with Crippen molar-refractivity contribution in [3.8, 4) is 22.6 Å². The summed E-state index contributed by atoms with van der Waals surface area (Å²) in [6, 6.07) is 14.0. The van der Waals surface area contributed by atoms with E-state index >= 15 is 0 Å². The Hall–Kier alpha value is -3.74. The molecule has 28 heavy (non-hydrogen) atoms. The number of hydrogen-bond acceptors (Lipinski definition) is 5. The fourth-order valence-corrected chi connectivity index (χ4v) is 3.76. The van der Waals surface area contributed by atoms with E-state index in [0.29, 0.717) is 33.8 Å². The zero-order valence-electron chi connectivity index (χ0n) is 14.9. The molecule has 2 aliphatic heterocycles. The number of carbonyl (C=O) groups is 1. The first kappa shape index (κ1) is 16.4. The van der Waals surface area contributed by atoms with Crippen molar-refractivity contribution in [1.29, 1.82) is 0 Å². The number of guanidine groups is 1. The molecule has 1 atom stereocenters. The Labute approximate surface area is 160 Å². The van der Waals surface area contributed by atoms with Gasteiger partial charge in [-0.2, -0.15) is 0 Å². The van der Waals surface area contributed by atoms with Gasteiger partial charge in [0.25, 0.3) is 5.91 Å². The van der Waals surface area contributed by atoms with E-state index in [1.54, 1.807) is 37.5 Å². The molecule has 0 aliphatic carbocycles. The molecule has 7 heteroatoms. The van der Waals surface area contributed by atoms with Gasteiger partial charge in [0.15, 0.2) is 5.96 Å². The monoisotopic (exact) mass is 374 g/mol. The molecule has 1 spiro atoms. The highest BCUT2D eigenvalue weighted by Crippen LogP contribution is 2.52. The minimum atomic E-state index is -1.33. The van der Waals surface area contributed by atoms with Crippen LogP contribution >= 0.6 is 0 Å². The van der Waals surface area contributed by atoms with Crippen LogP contribution in [0.4, 0.5) is 4.39 Å². The molecule has 1 aromatic heterocycles. The number of aromatic nitrogens is 1. The lowest BCUT2D eigenvalue weighted by Gasteiger charge is -2.33. The number of rotatable bonds is 1. The smallest absolute Gasteiger partial charge is 0.266 e. The molecule has 1 unspecified atom stereocenters. The predicted octanol–water partition coefficient (Wildman–Crippen LogP) is 3.02. The second-order valence-electron chi connectivity index (χ2n) is 6.75. The number of benzene rings is 2. The Balaban J connectivity index is 1.79. The molecule has 6 nitrogen and oxygen atoms in total. The number of ether oxygens (including phenoxy) is 1. The summed E-state index contributed by atoms with van der Waals surface area (Å²) in [5.41, 5.74) is 7.15. The van der Waals surface area contributed by atoms with Crippen molar-refractivity contribution in [2.45, 2.75) is 5.54 Å². The van der Waals surface area contributed by atoms with Crippen molar-refractivity contribution >= 4 is 11.9 Å². The number of likely N-dealkylation sites (N-methyl/N-ethyl adjacent to an activating group) is 1. The summed E-state index contributed by atoms with van der Waals surface area (Å²) < 4.78 is 19.7. The van der Waals surface area contributed by atoms with Crippen LogP contribution in [0.25, 0.3) is 11.1 Å². The van der Waals surface area contributed by atoms with Gasteiger partial charge in [0.05, 0.1) is 6.20 Å². The summed E-state index contributed by atoms with van der Waals surface area (Å²) in [4.78, 5) is 23.1. The van der Waals surface area contributed by atoms with Gasteiger partial charge < -0.3 is 10.5 Å². The van der Waals surface area contributed by atoms with Crippen molar-refractivity contribution in [2.75, 3.05) is 7.05 Å². The lowest BCUT2D eigenvalue weighted by molar-refractivity contribution is -0.129. The molecule has 0 fully saturated rings. The van der Waals surface area contributed by atoms with Crippen molar-refractivity contribution in [3.05, 3.63) is 77.9 Å². The normalized spacial score (nSPS) is 19.9. The third-order valence-corrected chi connectivity index (χ3v) is 5.14. The number of hydrogen-bond donors (Lipinski definition) is 1. The van der Waals surface area contributed by atoms with Crippen LogP contribution in [0.2, 0.25) is 0 Å². The molecular weight excluding hydrogens is 359 g/mol. The van der Waals surface area contributed by atoms with Gasteiger partial charge in [-0.05, 0) is 29.8 Å². The Morgan fingerprint density at radius 2 is 1.82 bits per heavy atom. The van der Waals surface area contributed by atoms with Crippen LogP contribution in [-0.2, 0) is 10.3 Å². The Kier molecular flexibility index (Phi) is 3.30. The average molecular weight is 374 g/mol. The van der Waals surface area contributed by atoms with Crippen molar-refractivity contribution < 1.29 is 13.9 Å². The molecule has 0 saturated carbocycles. The number of nitrogens with zero attached hydrogens (tertiary/aromatic N) is 3. The molecule has 1 amide bonds. The number of para-hydroxylation sites is 1. The van der Waals surface area contributed by atoms with E-state index in [1.807, 2.05) is 18.2 Å². The van der Waals surface area contributed by atoms with Gasteiger partial charge in [-0.15, -0.1) is 0 Å². The molecule has 2 N–H and O–H groups in total. The molecule has 2 aromatic carbocycles. The summed E-state index contributed by atoms with van der Waals surface area (Å²) in [5.74, 6) is 0.481. The number of nitrogens with two attached hydrogens (primary N) is 1. The molecule has 5 rings (SSSR count). The Bertz CT molecular complexity index is 1180. The van der Waals surface area contributed by atoms with Gasteiger partial charge in [-0.3, -0.25) is 14.7 Å². The maximum Gasteiger partial charge on any atom is 0.266 e. The number of fused-ring (bicyclic) bond motifs is 4. The lowest BCUT2D eigenvalue weighted by atomic mass is 9.79. The van der Waals surface area contributed by atoms with Crippen LogP contribution < -0.4 is 10.5 Å². The molecular formula is C21H15FN4O2. The first-order chi connectivity index (χ1) is 13.5. The van der Waals surface area contributed by atoms with E-state index < -0.39 is 11.4 Å². The maximum absolute atomic E-state index is 13.7. The van der Waals surface area contributed by atoms with E-state index in [0.717, 1.165) is 6.20 Å². The predicted molar refractivity (Wildman–Crippen MR) is 101 cm³/mol. The number of halogens is 1. The number of amides is 1. The zero-order chi connectivity index (χ0) is 19.5. The van der Waals surface area contributed by atoms with Crippen LogP contribution in [-0.4, -0.2) is 28.8 Å². The van der Waals surface area contributed by atoms with Crippen molar-refractivity contribution in [3.63, 3.8) is 0 Å². The molecule has 2 aliphatic rings. The molecule has 3 heterocycles. The lowest BCUT2D eigenvalue weighted by Crippen LogP contribution is -2.42. The number of aliphatic imine (C=N–C) groups is 1. The van der Waals surface area contributed by atoms with Gasteiger partial charge in [-0.1, -0.05) is 24.3 Å². The van der Waals surface area contributed by atoms with Gasteiger partial charge in [0.2, 0.25) is 5.54 Å². The molecule has 3 aromatic rings. The quantitative estimate of drug-likeness (QED) is 0.710. The first-order valence-electron chi connectivity index (χ1n) is 8.67. The third-order valence-electron chi connectivity index (χ3n) is 5.14. The molecule has 138 valence electrons. The van der Waals surface area contributed by atoms with Crippen LogP contribution in [0.1, 0.15) is 11.1 Å². The summed E-state index contributed by atoms with van der Waals surface area (Å²) in [6.07, 6.45) is 2.71. The third kappa shape index (κ3) is 2.10. The highest BCUT2D eigenvalue weighted by Gasteiger charge is 2.54. The van der Waals surface area contributed by atoms with E-state index in [4.69, 9.17) is 10.5 Å². The first-order valence-corrected chi connectivity index (χ1v) is 8.67. The van der Waals surface area contributed by atoms with Crippen LogP contribution in [0.5, 0.6) is 11.5 Å². The maximum atomic E-state index is 13.7. The second-order valence-corrected chi connectivity index (χ2v) is 6.75. The highest BCUT2D eigenvalue weighted by molar-refractivity contribution is 6.10. The Morgan fingerprint density at radius 1 is 1.04 bits per heavy atom. The minimum Gasteiger partial charge on any atom is -0.457 e. The van der Waals surface area contributed by atoms with Gasteiger partial charge in [-0.25, -0.2) is 9.38 Å². The van der Waals surface area contributed by atoms with Gasteiger partial charge >= 0.3 is 0 Å². The fourth-order valence-electron chi connectivity index (χ4n) is 3.76.